The van der Waals surface area contributed by atoms with Gasteiger partial charge in [-0.05, 0) is 119 Å². The fourth-order valence-corrected chi connectivity index (χ4v) is 5.64. The molecule has 0 bridgehead atoms. The van der Waals surface area contributed by atoms with Crippen LogP contribution in [0.4, 0.5) is 11.4 Å². The van der Waals surface area contributed by atoms with Crippen molar-refractivity contribution < 1.29 is 23.9 Å². The molecule has 2 aromatic carbocycles. The smallest absolute Gasteiger partial charge is 0.338 e. The van der Waals surface area contributed by atoms with Crippen LogP contribution < -0.4 is 15.0 Å². The number of nitrogens with zero attached hydrogens (tertiary/aromatic N) is 3. The molecule has 220 valence electrons. The largest absolute Gasteiger partial charge is 0.494 e. The highest BCUT2D eigenvalue weighted by Gasteiger charge is 2.44. The van der Waals surface area contributed by atoms with Gasteiger partial charge >= 0.3 is 5.97 Å². The van der Waals surface area contributed by atoms with Gasteiger partial charge < -0.3 is 24.6 Å². The molecule has 0 spiro atoms. The van der Waals surface area contributed by atoms with Crippen LogP contribution in [0.2, 0.25) is 0 Å². The lowest BCUT2D eigenvalue weighted by Crippen LogP contribution is -2.40. The number of rotatable bonds is 12. The Labute approximate surface area is 247 Å². The molecule has 2 heterocycles. The summed E-state index contributed by atoms with van der Waals surface area (Å²) in [4.78, 5) is 44.8. The molecule has 0 saturated carbocycles. The molecule has 2 fully saturated rings. The topological polar surface area (TPSA) is 91.4 Å². The predicted molar refractivity (Wildman–Crippen MR) is 163 cm³/mol. The molecule has 1 atom stereocenters. The Balaban J connectivity index is 1.47. The summed E-state index contributed by atoms with van der Waals surface area (Å²) in [6.07, 6.45) is 3.19. The van der Waals surface area contributed by atoms with Gasteiger partial charge in [-0.2, -0.15) is 0 Å². The second-order valence-corrected chi connectivity index (χ2v) is 10.9. The van der Waals surface area contributed by atoms with Crippen molar-refractivity contribution in [2.45, 2.75) is 52.5 Å². The predicted octanol–water partition coefficient (Wildman–Crippen LogP) is 4.71. The number of thiocarbonyl (C=S) groups is 1. The van der Waals surface area contributed by atoms with Gasteiger partial charge in [-0.15, -0.1) is 0 Å². The van der Waals surface area contributed by atoms with E-state index in [1.807, 2.05) is 11.8 Å². The summed E-state index contributed by atoms with van der Waals surface area (Å²) in [7, 11) is 0. The highest BCUT2D eigenvalue weighted by atomic mass is 32.1. The van der Waals surface area contributed by atoms with Crippen molar-refractivity contribution in [2.24, 2.45) is 5.92 Å². The maximum Gasteiger partial charge on any atom is 0.338 e. The second kappa shape index (κ2) is 14.4. The first-order valence-electron chi connectivity index (χ1n) is 14.5. The zero-order valence-electron chi connectivity index (χ0n) is 24.1. The Bertz CT molecular complexity index is 1210. The molecule has 41 heavy (non-hydrogen) atoms. The highest BCUT2D eigenvalue weighted by molar-refractivity contribution is 7.80. The number of piperidine rings is 1. The number of ether oxygens (including phenoxy) is 2. The van der Waals surface area contributed by atoms with E-state index in [2.05, 4.69) is 17.1 Å². The fourth-order valence-electron chi connectivity index (χ4n) is 5.23. The first-order valence-corrected chi connectivity index (χ1v) is 14.9. The number of amides is 2. The average molecular weight is 581 g/mol. The first-order chi connectivity index (χ1) is 19.8. The number of benzene rings is 2. The number of hydrogen-bond donors (Lipinski definition) is 1. The van der Waals surface area contributed by atoms with Crippen LogP contribution in [0, 0.1) is 5.92 Å². The number of carbonyl (C=O) groups excluding carboxylic acids is 3. The maximum absolute atomic E-state index is 13.8. The summed E-state index contributed by atoms with van der Waals surface area (Å²) < 4.78 is 10.5. The van der Waals surface area contributed by atoms with Crippen LogP contribution in [-0.4, -0.2) is 78.1 Å². The lowest BCUT2D eigenvalue weighted by atomic mass is 9.99. The first kappa shape index (κ1) is 30.5. The average Bonchev–Trinajstić information content (AvgIpc) is 3.19. The van der Waals surface area contributed by atoms with Crippen LogP contribution in [0.1, 0.15) is 56.8 Å². The van der Waals surface area contributed by atoms with E-state index in [0.717, 1.165) is 37.7 Å². The van der Waals surface area contributed by atoms with Gasteiger partial charge in [-0.3, -0.25) is 14.5 Å². The van der Waals surface area contributed by atoms with E-state index in [4.69, 9.17) is 21.7 Å². The molecule has 2 amide bonds. The van der Waals surface area contributed by atoms with E-state index in [-0.39, 0.29) is 24.8 Å². The van der Waals surface area contributed by atoms with E-state index in [9.17, 15) is 14.4 Å². The number of hydrogen-bond acceptors (Lipinski definition) is 7. The van der Waals surface area contributed by atoms with E-state index in [1.54, 1.807) is 55.5 Å². The third-order valence-electron chi connectivity index (χ3n) is 7.53. The summed E-state index contributed by atoms with van der Waals surface area (Å²) in [6.45, 7) is 10.4. The van der Waals surface area contributed by atoms with Gasteiger partial charge in [0.1, 0.15) is 11.8 Å². The van der Waals surface area contributed by atoms with E-state index >= 15 is 0 Å². The Hall–Kier alpha value is -3.50. The molecule has 2 aliphatic rings. The Morgan fingerprint density at radius 1 is 0.976 bits per heavy atom. The number of anilines is 2. The minimum Gasteiger partial charge on any atom is -0.494 e. The van der Waals surface area contributed by atoms with Gasteiger partial charge in [-0.1, -0.05) is 6.92 Å². The van der Waals surface area contributed by atoms with E-state index in [1.165, 1.54) is 17.7 Å². The van der Waals surface area contributed by atoms with Crippen LogP contribution in [0.3, 0.4) is 0 Å². The van der Waals surface area contributed by atoms with Crippen molar-refractivity contribution in [1.29, 1.82) is 0 Å². The quantitative estimate of drug-likeness (QED) is 0.285. The van der Waals surface area contributed by atoms with Crippen LogP contribution in [0.15, 0.2) is 48.5 Å². The molecule has 2 saturated heterocycles. The number of carbonyl (C=O) groups is 3. The van der Waals surface area contributed by atoms with Crippen LogP contribution in [0.5, 0.6) is 5.75 Å². The molecule has 2 aromatic rings. The summed E-state index contributed by atoms with van der Waals surface area (Å²) in [6, 6.07) is 13.0. The standard InChI is InChI=1S/C31H40N4O5S/c1-4-39-26-13-9-24(10-14-26)32-28(36)21-27-29(37)35(25-11-7-23(8-12-25)30(38)40-5-2)31(41)34(27)18-6-17-33-19-15-22(3)16-20-33/h7-14,22,27H,4-6,15-21H2,1-3H3,(H,32,36)/t27-/m0/s1. The zero-order chi connectivity index (χ0) is 29.4. The number of likely N-dealkylation sites (tertiary alicyclic amines) is 1. The fraction of sp³-hybridized carbons (Fsp3) is 0.484. The SMILES string of the molecule is CCOC(=O)c1ccc(N2C(=O)[C@H](CC(=O)Nc3ccc(OCC)cc3)N(CCCN3CCC(C)CC3)C2=S)cc1. The van der Waals surface area contributed by atoms with Crippen LogP contribution >= 0.6 is 12.2 Å². The molecule has 0 radical (unpaired) electrons. The minimum absolute atomic E-state index is 0.0369. The molecule has 0 aliphatic carbocycles. The maximum atomic E-state index is 13.8. The second-order valence-electron chi connectivity index (χ2n) is 10.5. The summed E-state index contributed by atoms with van der Waals surface area (Å²) >= 11 is 5.81. The molecule has 10 heteroatoms. The van der Waals surface area contributed by atoms with Crippen molar-refractivity contribution in [2.75, 3.05) is 49.6 Å². The molecule has 4 rings (SSSR count). The monoisotopic (exact) mass is 580 g/mol. The van der Waals surface area contributed by atoms with Crippen molar-refractivity contribution in [3.8, 4) is 5.75 Å². The number of esters is 1. The molecule has 0 aromatic heterocycles. The number of nitrogens with one attached hydrogen (secondary N) is 1. The molecule has 9 nitrogen and oxygen atoms in total. The zero-order valence-corrected chi connectivity index (χ0v) is 25.0. The van der Waals surface area contributed by atoms with Gasteiger partial charge in [0, 0.05) is 12.2 Å². The molecular weight excluding hydrogens is 540 g/mol. The highest BCUT2D eigenvalue weighted by Crippen LogP contribution is 2.28. The molecule has 2 aliphatic heterocycles. The van der Waals surface area contributed by atoms with Crippen molar-refractivity contribution in [3.63, 3.8) is 0 Å². The van der Waals surface area contributed by atoms with E-state index in [0.29, 0.717) is 35.2 Å². The van der Waals surface area contributed by atoms with Gasteiger partial charge in [0.25, 0.3) is 5.91 Å². The normalized spacial score (nSPS) is 18.1. The molecule has 0 unspecified atom stereocenters. The van der Waals surface area contributed by atoms with Crippen molar-refractivity contribution >= 4 is 46.5 Å². The Kier molecular flexibility index (Phi) is 10.7. The third-order valence-corrected chi connectivity index (χ3v) is 7.95. The van der Waals surface area contributed by atoms with Crippen molar-refractivity contribution in [3.05, 3.63) is 54.1 Å². The molecular formula is C31H40N4O5S. The van der Waals surface area contributed by atoms with Crippen LogP contribution in [-0.2, 0) is 14.3 Å². The lowest BCUT2D eigenvalue weighted by molar-refractivity contribution is -0.124. The van der Waals surface area contributed by atoms with Crippen LogP contribution in [0.25, 0.3) is 0 Å². The third kappa shape index (κ3) is 7.83. The lowest BCUT2D eigenvalue weighted by Gasteiger charge is -2.31. The van der Waals surface area contributed by atoms with Gasteiger partial charge in [0.05, 0.1) is 30.9 Å². The Morgan fingerprint density at radius 3 is 2.29 bits per heavy atom. The van der Waals surface area contributed by atoms with Crippen molar-refractivity contribution in [1.82, 2.24) is 9.80 Å². The molecule has 1 N–H and O–H groups in total. The van der Waals surface area contributed by atoms with Gasteiger partial charge in [0.15, 0.2) is 5.11 Å². The summed E-state index contributed by atoms with van der Waals surface area (Å²) in [5, 5.41) is 3.26. The summed E-state index contributed by atoms with van der Waals surface area (Å²) in [5.74, 6) is 0.530. The Morgan fingerprint density at radius 2 is 1.66 bits per heavy atom. The summed E-state index contributed by atoms with van der Waals surface area (Å²) in [5.41, 5.74) is 1.58. The van der Waals surface area contributed by atoms with E-state index < -0.39 is 12.0 Å². The minimum atomic E-state index is -0.726. The van der Waals surface area contributed by atoms with Gasteiger partial charge in [-0.25, -0.2) is 4.79 Å². The van der Waals surface area contributed by atoms with Gasteiger partial charge in [0.2, 0.25) is 5.91 Å².